The molecule has 1 unspecified atom stereocenters. The fraction of sp³-hybridized carbons (Fsp3) is 0.538. The maximum Gasteiger partial charge on any atom is 0.123 e. The third-order valence-corrected chi connectivity index (χ3v) is 3.48. The topological polar surface area (TPSA) is 30.5 Å². The molecule has 1 heterocycles. The van der Waals surface area contributed by atoms with Crippen molar-refractivity contribution in [3.63, 3.8) is 0 Å². The van der Waals surface area contributed by atoms with Crippen molar-refractivity contribution >= 4 is 15.9 Å². The van der Waals surface area contributed by atoms with Crippen molar-refractivity contribution in [2.45, 2.75) is 25.4 Å². The SMILES string of the molecule is COc1ccc(Br)cc1CNC1CCCOC1. The van der Waals surface area contributed by atoms with E-state index in [-0.39, 0.29) is 0 Å². The van der Waals surface area contributed by atoms with Crippen molar-refractivity contribution in [3.05, 3.63) is 28.2 Å². The van der Waals surface area contributed by atoms with Crippen molar-refractivity contribution in [2.24, 2.45) is 0 Å². The van der Waals surface area contributed by atoms with Crippen molar-refractivity contribution < 1.29 is 9.47 Å². The van der Waals surface area contributed by atoms with Gasteiger partial charge in [0, 0.05) is 29.2 Å². The van der Waals surface area contributed by atoms with Gasteiger partial charge in [-0.3, -0.25) is 0 Å². The highest BCUT2D eigenvalue weighted by Crippen LogP contribution is 2.23. The summed E-state index contributed by atoms with van der Waals surface area (Å²) < 4.78 is 11.9. The van der Waals surface area contributed by atoms with Gasteiger partial charge in [0.25, 0.3) is 0 Å². The largest absolute Gasteiger partial charge is 0.496 e. The summed E-state index contributed by atoms with van der Waals surface area (Å²) >= 11 is 3.48. The average molecular weight is 300 g/mol. The molecule has 1 aliphatic heterocycles. The normalized spacial score (nSPS) is 20.2. The number of halogens is 1. The van der Waals surface area contributed by atoms with Gasteiger partial charge in [-0.2, -0.15) is 0 Å². The van der Waals surface area contributed by atoms with Gasteiger partial charge in [-0.05, 0) is 31.0 Å². The third kappa shape index (κ3) is 3.69. The van der Waals surface area contributed by atoms with E-state index in [1.54, 1.807) is 7.11 Å². The monoisotopic (exact) mass is 299 g/mol. The summed E-state index contributed by atoms with van der Waals surface area (Å²) in [7, 11) is 1.70. The minimum atomic E-state index is 0.465. The standard InChI is InChI=1S/C13H18BrNO2/c1-16-13-5-4-11(14)7-10(13)8-15-12-3-2-6-17-9-12/h4-5,7,12,15H,2-3,6,8-9H2,1H3. The fourth-order valence-electron chi connectivity index (χ4n) is 2.04. The van der Waals surface area contributed by atoms with Crippen LogP contribution in [0.1, 0.15) is 18.4 Å². The van der Waals surface area contributed by atoms with Gasteiger partial charge in [-0.25, -0.2) is 0 Å². The first kappa shape index (κ1) is 12.9. The number of hydrogen-bond donors (Lipinski definition) is 1. The van der Waals surface area contributed by atoms with Crippen LogP contribution < -0.4 is 10.1 Å². The zero-order valence-corrected chi connectivity index (χ0v) is 11.6. The minimum absolute atomic E-state index is 0.465. The van der Waals surface area contributed by atoms with Gasteiger partial charge in [0.2, 0.25) is 0 Å². The Morgan fingerprint density at radius 3 is 3.12 bits per heavy atom. The Morgan fingerprint density at radius 1 is 1.53 bits per heavy atom. The lowest BCUT2D eigenvalue weighted by molar-refractivity contribution is 0.0699. The molecule has 0 amide bonds. The van der Waals surface area contributed by atoms with E-state index < -0.39 is 0 Å². The molecule has 2 rings (SSSR count). The molecule has 1 aliphatic rings. The molecule has 3 nitrogen and oxygen atoms in total. The van der Waals surface area contributed by atoms with Gasteiger partial charge in [0.1, 0.15) is 5.75 Å². The molecule has 0 radical (unpaired) electrons. The molecule has 4 heteroatoms. The number of rotatable bonds is 4. The van der Waals surface area contributed by atoms with E-state index in [1.165, 1.54) is 12.0 Å². The van der Waals surface area contributed by atoms with Gasteiger partial charge in [0.15, 0.2) is 0 Å². The Bertz CT molecular complexity index is 364. The number of ether oxygens (including phenoxy) is 2. The lowest BCUT2D eigenvalue weighted by atomic mass is 10.1. The van der Waals surface area contributed by atoms with Crippen LogP contribution in [-0.2, 0) is 11.3 Å². The van der Waals surface area contributed by atoms with Crippen molar-refractivity contribution in [3.8, 4) is 5.75 Å². The van der Waals surface area contributed by atoms with Crippen LogP contribution in [0.3, 0.4) is 0 Å². The molecule has 0 saturated carbocycles. The molecule has 0 bridgehead atoms. The zero-order chi connectivity index (χ0) is 12.1. The van der Waals surface area contributed by atoms with E-state index >= 15 is 0 Å². The second-order valence-electron chi connectivity index (χ2n) is 4.25. The van der Waals surface area contributed by atoms with Gasteiger partial charge in [-0.1, -0.05) is 15.9 Å². The molecule has 1 aromatic carbocycles. The first-order valence-corrected chi connectivity index (χ1v) is 6.72. The Labute approximate surface area is 111 Å². The molecule has 1 atom stereocenters. The van der Waals surface area contributed by atoms with Crippen molar-refractivity contribution in [2.75, 3.05) is 20.3 Å². The first-order valence-electron chi connectivity index (χ1n) is 5.93. The summed E-state index contributed by atoms with van der Waals surface area (Å²) in [4.78, 5) is 0. The molecular formula is C13H18BrNO2. The van der Waals surface area contributed by atoms with E-state index in [1.807, 2.05) is 12.1 Å². The minimum Gasteiger partial charge on any atom is -0.496 e. The number of hydrogen-bond acceptors (Lipinski definition) is 3. The Morgan fingerprint density at radius 2 is 2.41 bits per heavy atom. The van der Waals surface area contributed by atoms with E-state index in [4.69, 9.17) is 9.47 Å². The molecule has 17 heavy (non-hydrogen) atoms. The maximum atomic E-state index is 5.45. The zero-order valence-electron chi connectivity index (χ0n) is 10.0. The quantitative estimate of drug-likeness (QED) is 0.927. The predicted molar refractivity (Wildman–Crippen MR) is 71.4 cm³/mol. The van der Waals surface area contributed by atoms with Crippen LogP contribution in [0.5, 0.6) is 5.75 Å². The highest BCUT2D eigenvalue weighted by molar-refractivity contribution is 9.10. The van der Waals surface area contributed by atoms with Crippen LogP contribution in [0.4, 0.5) is 0 Å². The van der Waals surface area contributed by atoms with Crippen molar-refractivity contribution in [1.82, 2.24) is 5.32 Å². The maximum absolute atomic E-state index is 5.45. The number of benzene rings is 1. The number of methoxy groups -OCH3 is 1. The molecule has 1 N–H and O–H groups in total. The van der Waals surface area contributed by atoms with Crippen LogP contribution in [0.15, 0.2) is 22.7 Å². The van der Waals surface area contributed by atoms with Crippen LogP contribution in [0.2, 0.25) is 0 Å². The smallest absolute Gasteiger partial charge is 0.123 e. The van der Waals surface area contributed by atoms with Crippen LogP contribution >= 0.6 is 15.9 Å². The van der Waals surface area contributed by atoms with Gasteiger partial charge in [-0.15, -0.1) is 0 Å². The van der Waals surface area contributed by atoms with Crippen LogP contribution in [0.25, 0.3) is 0 Å². The summed E-state index contributed by atoms with van der Waals surface area (Å²) in [5, 5.41) is 3.51. The Kier molecular flexibility index (Phi) is 4.83. The Balaban J connectivity index is 1.95. The molecule has 1 saturated heterocycles. The van der Waals surface area contributed by atoms with Crippen LogP contribution in [0, 0.1) is 0 Å². The average Bonchev–Trinajstić information content (AvgIpc) is 2.38. The Hall–Kier alpha value is -0.580. The molecule has 0 aliphatic carbocycles. The highest BCUT2D eigenvalue weighted by atomic mass is 79.9. The third-order valence-electron chi connectivity index (χ3n) is 2.98. The van der Waals surface area contributed by atoms with Gasteiger partial charge in [0.05, 0.1) is 13.7 Å². The summed E-state index contributed by atoms with van der Waals surface area (Å²) in [6.45, 7) is 2.53. The summed E-state index contributed by atoms with van der Waals surface area (Å²) in [6.07, 6.45) is 2.34. The van der Waals surface area contributed by atoms with Crippen LogP contribution in [-0.4, -0.2) is 26.4 Å². The first-order chi connectivity index (χ1) is 8.29. The fourth-order valence-corrected chi connectivity index (χ4v) is 2.45. The molecule has 1 aromatic rings. The van der Waals surface area contributed by atoms with E-state index in [9.17, 15) is 0 Å². The molecule has 0 aromatic heterocycles. The van der Waals surface area contributed by atoms with Gasteiger partial charge >= 0.3 is 0 Å². The summed E-state index contributed by atoms with van der Waals surface area (Å²) in [5.41, 5.74) is 1.17. The highest BCUT2D eigenvalue weighted by Gasteiger charge is 2.13. The molecule has 0 spiro atoms. The second-order valence-corrected chi connectivity index (χ2v) is 5.17. The van der Waals surface area contributed by atoms with E-state index in [2.05, 4.69) is 27.3 Å². The lowest BCUT2D eigenvalue weighted by Gasteiger charge is -2.23. The number of nitrogens with one attached hydrogen (secondary N) is 1. The van der Waals surface area contributed by atoms with E-state index in [0.717, 1.165) is 36.4 Å². The van der Waals surface area contributed by atoms with Crippen molar-refractivity contribution in [1.29, 1.82) is 0 Å². The predicted octanol–water partition coefficient (Wildman–Crippen LogP) is 2.73. The van der Waals surface area contributed by atoms with Gasteiger partial charge < -0.3 is 14.8 Å². The molecule has 94 valence electrons. The summed E-state index contributed by atoms with van der Waals surface area (Å²) in [5.74, 6) is 0.928. The van der Waals surface area contributed by atoms with E-state index in [0.29, 0.717) is 6.04 Å². The second kappa shape index (κ2) is 6.38. The summed E-state index contributed by atoms with van der Waals surface area (Å²) in [6, 6.07) is 6.53. The lowest BCUT2D eigenvalue weighted by Crippen LogP contribution is -2.36. The molecular weight excluding hydrogens is 282 g/mol. The molecule has 1 fully saturated rings.